The van der Waals surface area contributed by atoms with E-state index in [-0.39, 0.29) is 5.91 Å². The van der Waals surface area contributed by atoms with Crippen LogP contribution < -0.4 is 5.32 Å². The van der Waals surface area contributed by atoms with Gasteiger partial charge in [0.15, 0.2) is 5.65 Å². The standard InChI is InChI=1S/C27H23N7OS/c1-27(2,3)26(35)31-18-8-16(11-28-13-18)17-9-21-23(33-34-25(21)30-12-17)22-10-20-19(15-5-7-36-14-15)4-6-29-24(20)32-22/h4-14H,1-3H3,(H,29,32)(H,31,35)(H,30,33,34). The SMILES string of the molecule is CC(C)(C)C(=O)Nc1cncc(-c2cnc3[nH]nc(-c4cc5c(-c6ccsc6)ccnc5[nH]4)c3c2)c1. The van der Waals surface area contributed by atoms with Gasteiger partial charge in [0.2, 0.25) is 5.91 Å². The first kappa shape index (κ1) is 22.1. The van der Waals surface area contributed by atoms with E-state index in [4.69, 9.17) is 0 Å². The van der Waals surface area contributed by atoms with Gasteiger partial charge >= 0.3 is 0 Å². The highest BCUT2D eigenvalue weighted by Crippen LogP contribution is 2.34. The summed E-state index contributed by atoms with van der Waals surface area (Å²) in [7, 11) is 0. The van der Waals surface area contributed by atoms with Gasteiger partial charge in [-0.25, -0.2) is 9.97 Å². The topological polar surface area (TPSA) is 112 Å². The number of carbonyl (C=O) groups excluding carboxylic acids is 1. The summed E-state index contributed by atoms with van der Waals surface area (Å²) in [6.07, 6.45) is 6.99. The summed E-state index contributed by atoms with van der Waals surface area (Å²) < 4.78 is 0. The first-order valence-electron chi connectivity index (χ1n) is 11.5. The molecule has 6 heterocycles. The number of aromatic nitrogens is 6. The lowest BCUT2D eigenvalue weighted by molar-refractivity contribution is -0.123. The van der Waals surface area contributed by atoms with Gasteiger partial charge in [0.25, 0.3) is 0 Å². The molecule has 0 saturated carbocycles. The Balaban J connectivity index is 1.40. The molecule has 3 N–H and O–H groups in total. The maximum absolute atomic E-state index is 12.4. The normalized spacial score (nSPS) is 11.9. The molecule has 0 spiro atoms. The minimum absolute atomic E-state index is 0.0682. The highest BCUT2D eigenvalue weighted by molar-refractivity contribution is 7.08. The smallest absolute Gasteiger partial charge is 0.229 e. The quantitative estimate of drug-likeness (QED) is 0.268. The largest absolute Gasteiger partial charge is 0.338 e. The summed E-state index contributed by atoms with van der Waals surface area (Å²) in [6.45, 7) is 5.63. The van der Waals surface area contributed by atoms with E-state index in [2.05, 4.69) is 58.3 Å². The lowest BCUT2D eigenvalue weighted by atomic mass is 9.95. The molecule has 0 atom stereocenters. The molecule has 6 rings (SSSR count). The average molecular weight is 494 g/mol. The van der Waals surface area contributed by atoms with Gasteiger partial charge in [0, 0.05) is 45.9 Å². The van der Waals surface area contributed by atoms with Gasteiger partial charge in [-0.15, -0.1) is 0 Å². The molecule has 6 aromatic rings. The fourth-order valence-corrected chi connectivity index (χ4v) is 4.73. The third kappa shape index (κ3) is 3.93. The fourth-order valence-electron chi connectivity index (χ4n) is 4.08. The maximum atomic E-state index is 12.4. The molecule has 0 saturated heterocycles. The van der Waals surface area contributed by atoms with Crippen LogP contribution in [0.1, 0.15) is 20.8 Å². The second kappa shape index (κ2) is 8.39. The Morgan fingerprint density at radius 2 is 1.81 bits per heavy atom. The molecule has 0 unspecified atom stereocenters. The monoisotopic (exact) mass is 493 g/mol. The van der Waals surface area contributed by atoms with Crippen molar-refractivity contribution in [1.29, 1.82) is 0 Å². The lowest BCUT2D eigenvalue weighted by Gasteiger charge is -2.17. The Labute approximate surface area is 210 Å². The van der Waals surface area contributed by atoms with Crippen molar-refractivity contribution in [3.63, 3.8) is 0 Å². The molecule has 0 radical (unpaired) electrons. The van der Waals surface area contributed by atoms with E-state index in [1.165, 1.54) is 5.56 Å². The second-order valence-electron chi connectivity index (χ2n) is 9.67. The molecule has 0 aliphatic rings. The molecular weight excluding hydrogens is 470 g/mol. The van der Waals surface area contributed by atoms with Crippen LogP contribution >= 0.6 is 11.3 Å². The Morgan fingerprint density at radius 3 is 2.61 bits per heavy atom. The number of nitrogens with one attached hydrogen (secondary N) is 3. The van der Waals surface area contributed by atoms with Crippen LogP contribution in [0.15, 0.2) is 65.9 Å². The van der Waals surface area contributed by atoms with Crippen LogP contribution in [-0.4, -0.2) is 36.0 Å². The molecule has 0 aliphatic carbocycles. The number of amides is 1. The minimum atomic E-state index is -0.500. The van der Waals surface area contributed by atoms with Crippen molar-refractivity contribution in [2.45, 2.75) is 20.8 Å². The third-order valence-electron chi connectivity index (χ3n) is 6.05. The van der Waals surface area contributed by atoms with E-state index in [1.807, 2.05) is 45.2 Å². The van der Waals surface area contributed by atoms with Gasteiger partial charge in [0.1, 0.15) is 11.3 Å². The number of hydrogen-bond donors (Lipinski definition) is 3. The maximum Gasteiger partial charge on any atom is 0.229 e. The van der Waals surface area contributed by atoms with E-state index < -0.39 is 5.41 Å². The number of nitrogens with zero attached hydrogens (tertiary/aromatic N) is 4. The number of pyridine rings is 3. The number of aromatic amines is 2. The average Bonchev–Trinajstić information content (AvgIpc) is 3.62. The van der Waals surface area contributed by atoms with Crippen molar-refractivity contribution in [1.82, 2.24) is 30.1 Å². The second-order valence-corrected chi connectivity index (χ2v) is 10.5. The summed E-state index contributed by atoms with van der Waals surface area (Å²) in [5.41, 5.74) is 7.27. The molecule has 0 aromatic carbocycles. The van der Waals surface area contributed by atoms with Gasteiger partial charge in [-0.3, -0.25) is 14.9 Å². The zero-order chi connectivity index (χ0) is 24.9. The number of anilines is 1. The molecule has 6 aromatic heterocycles. The van der Waals surface area contributed by atoms with Gasteiger partial charge in [-0.1, -0.05) is 20.8 Å². The first-order chi connectivity index (χ1) is 17.4. The molecule has 8 nitrogen and oxygen atoms in total. The van der Waals surface area contributed by atoms with Gasteiger partial charge in [-0.05, 0) is 52.2 Å². The number of thiophene rings is 1. The fraction of sp³-hybridized carbons (Fsp3) is 0.148. The number of carbonyl (C=O) groups is 1. The predicted octanol–water partition coefficient (Wildman–Crippen LogP) is 6.28. The summed E-state index contributed by atoms with van der Waals surface area (Å²) in [5.74, 6) is -0.0682. The van der Waals surface area contributed by atoms with Gasteiger partial charge in [-0.2, -0.15) is 16.4 Å². The molecule has 178 valence electrons. The first-order valence-corrected chi connectivity index (χ1v) is 12.4. The van der Waals surface area contributed by atoms with Crippen LogP contribution in [0.4, 0.5) is 5.69 Å². The van der Waals surface area contributed by atoms with Crippen molar-refractivity contribution in [3.8, 4) is 33.6 Å². The van der Waals surface area contributed by atoms with Crippen molar-refractivity contribution < 1.29 is 4.79 Å². The number of fused-ring (bicyclic) bond motifs is 2. The lowest BCUT2D eigenvalue weighted by Crippen LogP contribution is -2.27. The van der Waals surface area contributed by atoms with Crippen LogP contribution in [-0.2, 0) is 4.79 Å². The Hall–Kier alpha value is -4.37. The zero-order valence-corrected chi connectivity index (χ0v) is 20.8. The van der Waals surface area contributed by atoms with Crippen LogP contribution in [0.25, 0.3) is 55.7 Å². The summed E-state index contributed by atoms with van der Waals surface area (Å²) in [5, 5.41) is 16.6. The van der Waals surface area contributed by atoms with E-state index in [0.29, 0.717) is 11.3 Å². The molecule has 0 fully saturated rings. The summed E-state index contributed by atoms with van der Waals surface area (Å²) in [6, 6.07) is 10.2. The van der Waals surface area contributed by atoms with Gasteiger partial charge < -0.3 is 10.3 Å². The molecule has 1 amide bonds. The van der Waals surface area contributed by atoms with E-state index >= 15 is 0 Å². The minimum Gasteiger partial charge on any atom is -0.338 e. The van der Waals surface area contributed by atoms with Gasteiger partial charge in [0.05, 0.1) is 17.6 Å². The Kier molecular flexibility index (Phi) is 5.15. The van der Waals surface area contributed by atoms with Crippen LogP contribution in [0.2, 0.25) is 0 Å². The summed E-state index contributed by atoms with van der Waals surface area (Å²) >= 11 is 1.67. The third-order valence-corrected chi connectivity index (χ3v) is 6.73. The molecular formula is C27H23N7OS. The predicted molar refractivity (Wildman–Crippen MR) is 144 cm³/mol. The molecule has 9 heteroatoms. The Morgan fingerprint density at radius 1 is 0.944 bits per heavy atom. The molecule has 36 heavy (non-hydrogen) atoms. The van der Waals surface area contributed by atoms with Crippen LogP contribution in [0, 0.1) is 5.41 Å². The van der Waals surface area contributed by atoms with Crippen LogP contribution in [0.3, 0.4) is 0 Å². The molecule has 0 aliphatic heterocycles. The number of hydrogen-bond acceptors (Lipinski definition) is 6. The van der Waals surface area contributed by atoms with Crippen molar-refractivity contribution >= 4 is 45.0 Å². The molecule has 0 bridgehead atoms. The van der Waals surface area contributed by atoms with Crippen LogP contribution in [0.5, 0.6) is 0 Å². The Bertz CT molecular complexity index is 1720. The highest BCUT2D eigenvalue weighted by Gasteiger charge is 2.21. The van der Waals surface area contributed by atoms with Crippen molar-refractivity contribution in [2.75, 3.05) is 5.32 Å². The zero-order valence-electron chi connectivity index (χ0n) is 20.0. The van der Waals surface area contributed by atoms with E-state index in [1.54, 1.807) is 29.9 Å². The number of rotatable bonds is 4. The number of H-pyrrole nitrogens is 2. The highest BCUT2D eigenvalue weighted by atomic mass is 32.1. The van der Waals surface area contributed by atoms with Crippen molar-refractivity contribution in [2.24, 2.45) is 5.41 Å². The van der Waals surface area contributed by atoms with Crippen molar-refractivity contribution in [3.05, 3.63) is 65.9 Å². The van der Waals surface area contributed by atoms with E-state index in [0.717, 1.165) is 44.5 Å². The summed E-state index contributed by atoms with van der Waals surface area (Å²) in [4.78, 5) is 29.3. The van der Waals surface area contributed by atoms with E-state index in [9.17, 15) is 4.79 Å².